The summed E-state index contributed by atoms with van der Waals surface area (Å²) in [7, 11) is 0. The Labute approximate surface area is 104 Å². The molecule has 1 aliphatic heterocycles. The lowest BCUT2D eigenvalue weighted by molar-refractivity contribution is 0.152. The van der Waals surface area contributed by atoms with Gasteiger partial charge in [-0.2, -0.15) is 11.8 Å². The van der Waals surface area contributed by atoms with Crippen molar-refractivity contribution in [2.45, 2.75) is 12.8 Å². The average Bonchev–Trinajstić information content (AvgIpc) is 2.57. The summed E-state index contributed by atoms with van der Waals surface area (Å²) in [6.07, 6.45) is -1.43. The predicted octanol–water partition coefficient (Wildman–Crippen LogP) is 3.15. The van der Waals surface area contributed by atoms with Gasteiger partial charge in [-0.15, -0.1) is 0 Å². The number of halogens is 2. The highest BCUT2D eigenvalue weighted by Crippen LogP contribution is 2.32. The molecule has 94 valence electrons. The zero-order chi connectivity index (χ0) is 12.3. The summed E-state index contributed by atoms with van der Waals surface area (Å²) in [6.45, 7) is 1.67. The fourth-order valence-electron chi connectivity index (χ4n) is 2.02. The van der Waals surface area contributed by atoms with Gasteiger partial charge in [0.15, 0.2) is 0 Å². The third-order valence-corrected chi connectivity index (χ3v) is 3.90. The quantitative estimate of drug-likeness (QED) is 0.826. The molecule has 2 N–H and O–H groups in total. The Morgan fingerprint density at radius 3 is 2.82 bits per heavy atom. The Hall–Kier alpha value is -0.970. The summed E-state index contributed by atoms with van der Waals surface area (Å²) in [6, 6.07) is 4.80. The van der Waals surface area contributed by atoms with E-state index in [0.717, 1.165) is 31.0 Å². The minimum Gasteiger partial charge on any atom is -0.399 e. The van der Waals surface area contributed by atoms with Gasteiger partial charge >= 0.3 is 0 Å². The van der Waals surface area contributed by atoms with E-state index >= 15 is 0 Å². The van der Waals surface area contributed by atoms with Gasteiger partial charge in [0.25, 0.3) is 6.43 Å². The largest absolute Gasteiger partial charge is 0.399 e. The molecule has 1 fully saturated rings. The van der Waals surface area contributed by atoms with Crippen LogP contribution in [0.3, 0.4) is 0 Å². The smallest absolute Gasteiger partial charge is 0.265 e. The van der Waals surface area contributed by atoms with Crippen molar-refractivity contribution in [3.63, 3.8) is 0 Å². The average molecular weight is 258 g/mol. The van der Waals surface area contributed by atoms with Gasteiger partial charge in [-0.3, -0.25) is 0 Å². The maximum absolute atomic E-state index is 13.0. The maximum Gasteiger partial charge on any atom is 0.265 e. The minimum atomic E-state index is -2.47. The Balaban J connectivity index is 2.29. The molecule has 0 aromatic heterocycles. The molecule has 0 amide bonds. The molecule has 0 spiro atoms. The molecular formula is C12H16F2N2S. The van der Waals surface area contributed by atoms with Gasteiger partial charge in [-0.1, -0.05) is 0 Å². The van der Waals surface area contributed by atoms with Crippen LogP contribution in [0.1, 0.15) is 18.4 Å². The van der Waals surface area contributed by atoms with Gasteiger partial charge in [-0.05, 0) is 30.4 Å². The van der Waals surface area contributed by atoms with Gasteiger partial charge in [0.1, 0.15) is 0 Å². The second-order valence-corrected chi connectivity index (χ2v) is 5.30. The molecule has 1 aliphatic rings. The molecule has 1 saturated heterocycles. The van der Waals surface area contributed by atoms with Crippen molar-refractivity contribution >= 4 is 23.1 Å². The van der Waals surface area contributed by atoms with E-state index < -0.39 is 6.43 Å². The van der Waals surface area contributed by atoms with Crippen molar-refractivity contribution in [3.05, 3.63) is 23.8 Å². The van der Waals surface area contributed by atoms with Gasteiger partial charge in [0, 0.05) is 35.8 Å². The first-order valence-corrected chi connectivity index (χ1v) is 6.84. The molecule has 0 radical (unpaired) electrons. The number of alkyl halides is 2. The maximum atomic E-state index is 13.0. The predicted molar refractivity (Wildman–Crippen MR) is 70.0 cm³/mol. The Morgan fingerprint density at radius 1 is 1.24 bits per heavy atom. The molecule has 2 rings (SSSR count). The van der Waals surface area contributed by atoms with Crippen molar-refractivity contribution < 1.29 is 8.78 Å². The van der Waals surface area contributed by atoms with Gasteiger partial charge in [0.2, 0.25) is 0 Å². The number of benzene rings is 1. The number of nitrogens with zero attached hydrogens (tertiary/aromatic N) is 1. The third kappa shape index (κ3) is 3.03. The normalized spacial score (nSPS) is 17.2. The van der Waals surface area contributed by atoms with Crippen LogP contribution in [0.5, 0.6) is 0 Å². The lowest BCUT2D eigenvalue weighted by Gasteiger charge is -2.25. The summed E-state index contributed by atoms with van der Waals surface area (Å²) >= 11 is 1.88. The fraction of sp³-hybridized carbons (Fsp3) is 0.500. The highest BCUT2D eigenvalue weighted by molar-refractivity contribution is 7.99. The van der Waals surface area contributed by atoms with E-state index in [0.29, 0.717) is 11.4 Å². The number of rotatable bonds is 2. The number of anilines is 2. The van der Waals surface area contributed by atoms with E-state index in [2.05, 4.69) is 0 Å². The second-order valence-electron chi connectivity index (χ2n) is 4.07. The van der Waals surface area contributed by atoms with E-state index in [1.54, 1.807) is 12.1 Å². The molecule has 0 unspecified atom stereocenters. The van der Waals surface area contributed by atoms with Crippen LogP contribution in [-0.2, 0) is 0 Å². The Kier molecular flexibility index (Phi) is 4.10. The lowest BCUT2D eigenvalue weighted by atomic mass is 10.1. The van der Waals surface area contributed by atoms with E-state index in [-0.39, 0.29) is 5.56 Å². The van der Waals surface area contributed by atoms with Crippen LogP contribution in [0.25, 0.3) is 0 Å². The molecule has 0 saturated carbocycles. The van der Waals surface area contributed by atoms with Crippen molar-refractivity contribution in [2.24, 2.45) is 0 Å². The number of thioether (sulfide) groups is 1. The molecule has 5 heteroatoms. The van der Waals surface area contributed by atoms with Crippen LogP contribution in [0.15, 0.2) is 18.2 Å². The zero-order valence-electron chi connectivity index (χ0n) is 9.53. The van der Waals surface area contributed by atoms with E-state index in [9.17, 15) is 8.78 Å². The zero-order valence-corrected chi connectivity index (χ0v) is 10.4. The first-order valence-electron chi connectivity index (χ1n) is 5.69. The summed E-state index contributed by atoms with van der Waals surface area (Å²) in [5.74, 6) is 2.10. The van der Waals surface area contributed by atoms with Crippen molar-refractivity contribution in [1.29, 1.82) is 0 Å². The minimum absolute atomic E-state index is 0.0527. The summed E-state index contributed by atoms with van der Waals surface area (Å²) in [5.41, 5.74) is 6.65. The molecule has 1 aromatic rings. The highest BCUT2D eigenvalue weighted by Gasteiger charge is 2.19. The van der Waals surface area contributed by atoms with Crippen LogP contribution < -0.4 is 10.6 Å². The van der Waals surface area contributed by atoms with Crippen LogP contribution >= 0.6 is 11.8 Å². The number of hydrogen-bond acceptors (Lipinski definition) is 3. The van der Waals surface area contributed by atoms with Crippen LogP contribution in [0.4, 0.5) is 20.2 Å². The topological polar surface area (TPSA) is 29.3 Å². The second kappa shape index (κ2) is 5.58. The molecule has 2 nitrogen and oxygen atoms in total. The summed E-state index contributed by atoms with van der Waals surface area (Å²) < 4.78 is 26.0. The standard InChI is InChI=1S/C12H16F2N2S/c13-12(14)10-8-9(15)2-3-11(10)16-4-1-6-17-7-5-16/h2-3,8,12H,1,4-7,15H2. The molecule has 0 aliphatic carbocycles. The van der Waals surface area contributed by atoms with Crippen LogP contribution in [0, 0.1) is 0 Å². The summed E-state index contributed by atoms with van der Waals surface area (Å²) in [4.78, 5) is 2.04. The molecule has 17 heavy (non-hydrogen) atoms. The first-order chi connectivity index (χ1) is 8.18. The molecule has 1 aromatic carbocycles. The lowest BCUT2D eigenvalue weighted by Crippen LogP contribution is -2.26. The van der Waals surface area contributed by atoms with E-state index in [1.807, 2.05) is 16.7 Å². The number of nitrogen functional groups attached to an aromatic ring is 1. The molecule has 1 heterocycles. The van der Waals surface area contributed by atoms with E-state index in [1.165, 1.54) is 6.07 Å². The van der Waals surface area contributed by atoms with Gasteiger partial charge in [0.05, 0.1) is 0 Å². The van der Waals surface area contributed by atoms with Crippen molar-refractivity contribution in [3.8, 4) is 0 Å². The van der Waals surface area contributed by atoms with Crippen molar-refractivity contribution in [2.75, 3.05) is 35.2 Å². The number of hydrogen-bond donors (Lipinski definition) is 1. The molecular weight excluding hydrogens is 242 g/mol. The van der Waals surface area contributed by atoms with Crippen molar-refractivity contribution in [1.82, 2.24) is 0 Å². The number of nitrogens with two attached hydrogens (primary N) is 1. The fourth-order valence-corrected chi connectivity index (χ4v) is 2.91. The highest BCUT2D eigenvalue weighted by atomic mass is 32.2. The molecule has 0 atom stereocenters. The first kappa shape index (κ1) is 12.5. The Morgan fingerprint density at radius 2 is 2.06 bits per heavy atom. The van der Waals surface area contributed by atoms with E-state index in [4.69, 9.17) is 5.73 Å². The van der Waals surface area contributed by atoms with Crippen LogP contribution in [-0.4, -0.2) is 24.6 Å². The van der Waals surface area contributed by atoms with Gasteiger partial charge < -0.3 is 10.6 Å². The van der Waals surface area contributed by atoms with Gasteiger partial charge in [-0.25, -0.2) is 8.78 Å². The SMILES string of the molecule is Nc1ccc(N2CCCSCC2)c(C(F)F)c1. The summed E-state index contributed by atoms with van der Waals surface area (Å²) in [5, 5.41) is 0. The third-order valence-electron chi connectivity index (χ3n) is 2.85. The van der Waals surface area contributed by atoms with Crippen LogP contribution in [0.2, 0.25) is 0 Å². The monoisotopic (exact) mass is 258 g/mol. The Bertz CT molecular complexity index is 377. The molecule has 0 bridgehead atoms.